The van der Waals surface area contributed by atoms with Gasteiger partial charge in [0.15, 0.2) is 0 Å². The van der Waals surface area contributed by atoms with E-state index < -0.39 is 5.56 Å². The number of nitrogens with zero attached hydrogens (tertiary/aromatic N) is 2. The normalized spacial score (nSPS) is 11.2. The molecule has 0 radical (unpaired) electrons. The van der Waals surface area contributed by atoms with Crippen molar-refractivity contribution in [2.75, 3.05) is 0 Å². The van der Waals surface area contributed by atoms with Gasteiger partial charge in [0, 0.05) is 6.20 Å². The molecular weight excluding hydrogens is 198 g/mol. The second-order valence-corrected chi connectivity index (χ2v) is 2.86. The molecule has 0 unspecified atom stereocenters. The van der Waals surface area contributed by atoms with Crippen LogP contribution < -0.4 is 5.56 Å². The molecule has 2 heterocycles. The summed E-state index contributed by atoms with van der Waals surface area (Å²) in [6.45, 7) is 0. The molecule has 0 aliphatic heterocycles. The molecule has 0 aliphatic rings. The van der Waals surface area contributed by atoms with Crippen LogP contribution in [0.2, 0.25) is 0 Å². The summed E-state index contributed by atoms with van der Waals surface area (Å²) < 4.78 is 0. The minimum absolute atomic E-state index is 0.0991. The summed E-state index contributed by atoms with van der Waals surface area (Å²) in [5.74, 6) is -0.250. The lowest BCUT2D eigenvalue weighted by molar-refractivity contribution is 0.321. The molecule has 3 N–H and O–H groups in total. The van der Waals surface area contributed by atoms with Crippen molar-refractivity contribution in [1.82, 2.24) is 9.97 Å². The van der Waals surface area contributed by atoms with Crippen LogP contribution in [0.4, 0.5) is 0 Å². The number of oxime groups is 1. The number of nitrogens with one attached hydrogen (secondary N) is 1. The van der Waals surface area contributed by atoms with Gasteiger partial charge in [0.25, 0.3) is 5.56 Å². The molecule has 6 nitrogen and oxygen atoms in total. The second kappa shape index (κ2) is 3.41. The Kier molecular flexibility index (Phi) is 2.09. The lowest BCUT2D eigenvalue weighted by Crippen LogP contribution is -2.12. The first kappa shape index (κ1) is 9.20. The van der Waals surface area contributed by atoms with Crippen molar-refractivity contribution in [2.45, 2.75) is 0 Å². The highest BCUT2D eigenvalue weighted by molar-refractivity contribution is 5.92. The van der Waals surface area contributed by atoms with Gasteiger partial charge >= 0.3 is 0 Å². The van der Waals surface area contributed by atoms with Crippen LogP contribution in [0.3, 0.4) is 0 Å². The number of aromatic amines is 1. The fourth-order valence-electron chi connectivity index (χ4n) is 1.30. The summed E-state index contributed by atoms with van der Waals surface area (Å²) in [5, 5.41) is 21.1. The Bertz CT molecular complexity index is 589. The monoisotopic (exact) mass is 205 g/mol. The number of aromatic hydroxyl groups is 1. The average Bonchev–Trinajstić information content (AvgIpc) is 2.24. The van der Waals surface area contributed by atoms with Crippen molar-refractivity contribution in [2.24, 2.45) is 5.16 Å². The molecule has 0 aliphatic carbocycles. The number of hydrogen-bond donors (Lipinski definition) is 3. The van der Waals surface area contributed by atoms with Crippen molar-refractivity contribution >= 4 is 17.2 Å². The summed E-state index contributed by atoms with van der Waals surface area (Å²) >= 11 is 0. The first-order valence-corrected chi connectivity index (χ1v) is 4.11. The summed E-state index contributed by atoms with van der Waals surface area (Å²) in [6, 6.07) is 3.22. The molecule has 15 heavy (non-hydrogen) atoms. The Labute approximate surface area is 83.5 Å². The minimum atomic E-state index is -0.559. The van der Waals surface area contributed by atoms with Crippen molar-refractivity contribution in [3.63, 3.8) is 0 Å². The zero-order valence-corrected chi connectivity index (χ0v) is 7.51. The molecule has 2 rings (SSSR count). The molecular formula is C9H7N3O3. The first-order valence-electron chi connectivity index (χ1n) is 4.11. The van der Waals surface area contributed by atoms with Crippen LogP contribution >= 0.6 is 0 Å². The van der Waals surface area contributed by atoms with Gasteiger partial charge in [-0.15, -0.1) is 0 Å². The quantitative estimate of drug-likeness (QED) is 0.357. The molecule has 0 saturated carbocycles. The fraction of sp³-hybridized carbons (Fsp3) is 0. The van der Waals surface area contributed by atoms with Crippen molar-refractivity contribution in [3.05, 3.63) is 34.2 Å². The third-order valence-corrected chi connectivity index (χ3v) is 1.98. The summed E-state index contributed by atoms with van der Waals surface area (Å²) in [4.78, 5) is 17.7. The van der Waals surface area contributed by atoms with Gasteiger partial charge in [0.2, 0.25) is 0 Å². The molecule has 0 amide bonds. The number of rotatable bonds is 1. The number of hydrogen-bond acceptors (Lipinski definition) is 5. The largest absolute Gasteiger partial charge is 0.506 e. The summed E-state index contributed by atoms with van der Waals surface area (Å²) in [7, 11) is 0. The molecule has 0 spiro atoms. The molecule has 0 saturated heterocycles. The molecule has 0 fully saturated rings. The Morgan fingerprint density at radius 3 is 3.07 bits per heavy atom. The molecule has 0 atom stereocenters. The van der Waals surface area contributed by atoms with Crippen molar-refractivity contribution in [3.8, 4) is 5.75 Å². The molecule has 0 aromatic carbocycles. The average molecular weight is 205 g/mol. The van der Waals surface area contributed by atoms with Gasteiger partial charge in [-0.2, -0.15) is 0 Å². The van der Waals surface area contributed by atoms with E-state index in [2.05, 4.69) is 15.1 Å². The second-order valence-electron chi connectivity index (χ2n) is 2.86. The number of aromatic nitrogens is 2. The number of fused-ring (bicyclic) bond motifs is 1. The van der Waals surface area contributed by atoms with Gasteiger partial charge in [0.1, 0.15) is 17.0 Å². The first-order chi connectivity index (χ1) is 7.24. The Morgan fingerprint density at radius 1 is 1.53 bits per heavy atom. The van der Waals surface area contributed by atoms with Crippen LogP contribution in [0, 0.1) is 0 Å². The van der Waals surface area contributed by atoms with E-state index in [4.69, 9.17) is 5.21 Å². The van der Waals surface area contributed by atoms with E-state index in [1.165, 1.54) is 6.20 Å². The predicted molar refractivity (Wildman–Crippen MR) is 53.4 cm³/mol. The van der Waals surface area contributed by atoms with Crippen molar-refractivity contribution < 1.29 is 10.3 Å². The van der Waals surface area contributed by atoms with Crippen LogP contribution in [-0.2, 0) is 0 Å². The van der Waals surface area contributed by atoms with E-state index in [1.807, 2.05) is 0 Å². The Morgan fingerprint density at radius 2 is 2.33 bits per heavy atom. The molecule has 6 heteroatoms. The van der Waals surface area contributed by atoms with Crippen molar-refractivity contribution in [1.29, 1.82) is 0 Å². The molecule has 76 valence electrons. The van der Waals surface area contributed by atoms with Crippen LogP contribution in [-0.4, -0.2) is 26.5 Å². The Balaban J connectivity index is 2.90. The standard InChI is InChI=1S/C9H7N3O3/c13-7-5-2-1-3-10-8(5)12-9(14)6(7)4-11-15/h1-4,15H,(H2,10,12,13,14). The topological polar surface area (TPSA) is 98.6 Å². The lowest BCUT2D eigenvalue weighted by Gasteiger charge is -2.01. The van der Waals surface area contributed by atoms with Gasteiger partial charge in [-0.1, -0.05) is 5.16 Å². The SMILES string of the molecule is O=c1[nH]c2ncccc2c(O)c1C=NO. The van der Waals surface area contributed by atoms with E-state index in [0.29, 0.717) is 5.39 Å². The van der Waals surface area contributed by atoms with Crippen LogP contribution in [0.25, 0.3) is 11.0 Å². The highest BCUT2D eigenvalue weighted by Crippen LogP contribution is 2.21. The van der Waals surface area contributed by atoms with Crippen LogP contribution in [0.1, 0.15) is 5.56 Å². The predicted octanol–water partition coefficient (Wildman–Crippen LogP) is 0.437. The lowest BCUT2D eigenvalue weighted by atomic mass is 10.2. The molecule has 2 aromatic heterocycles. The maximum Gasteiger partial charge on any atom is 0.262 e. The van der Waals surface area contributed by atoms with Gasteiger partial charge in [-0.25, -0.2) is 4.98 Å². The van der Waals surface area contributed by atoms with E-state index in [1.54, 1.807) is 12.1 Å². The fourth-order valence-corrected chi connectivity index (χ4v) is 1.30. The summed E-state index contributed by atoms with van der Waals surface area (Å²) in [5.41, 5.74) is -0.371. The van der Waals surface area contributed by atoms with Gasteiger partial charge in [-0.3, -0.25) is 4.79 Å². The maximum atomic E-state index is 11.4. The minimum Gasteiger partial charge on any atom is -0.506 e. The highest BCUT2D eigenvalue weighted by Gasteiger charge is 2.09. The van der Waals surface area contributed by atoms with E-state index in [9.17, 15) is 9.90 Å². The molecule has 2 aromatic rings. The number of H-pyrrole nitrogens is 1. The van der Waals surface area contributed by atoms with E-state index in [-0.39, 0.29) is 17.0 Å². The summed E-state index contributed by atoms with van der Waals surface area (Å²) in [6.07, 6.45) is 2.37. The third-order valence-electron chi connectivity index (χ3n) is 1.98. The van der Waals surface area contributed by atoms with Gasteiger partial charge in [-0.05, 0) is 12.1 Å². The van der Waals surface area contributed by atoms with Gasteiger partial charge < -0.3 is 15.3 Å². The Hall–Kier alpha value is -2.37. The highest BCUT2D eigenvalue weighted by atomic mass is 16.4. The third kappa shape index (κ3) is 1.41. The van der Waals surface area contributed by atoms with Crippen LogP contribution in [0.5, 0.6) is 5.75 Å². The van der Waals surface area contributed by atoms with Crippen LogP contribution in [0.15, 0.2) is 28.3 Å². The maximum absolute atomic E-state index is 11.4. The van der Waals surface area contributed by atoms with Gasteiger partial charge in [0.05, 0.1) is 11.6 Å². The smallest absolute Gasteiger partial charge is 0.262 e. The molecule has 0 bridgehead atoms. The van der Waals surface area contributed by atoms with E-state index in [0.717, 1.165) is 6.21 Å². The zero-order chi connectivity index (χ0) is 10.8. The number of pyridine rings is 2. The zero-order valence-electron chi connectivity index (χ0n) is 7.51. The van der Waals surface area contributed by atoms with E-state index >= 15 is 0 Å².